The molecule has 2 atom stereocenters. The van der Waals surface area contributed by atoms with Crippen molar-refractivity contribution >= 4 is 16.1 Å². The highest BCUT2D eigenvalue weighted by Crippen LogP contribution is 2.40. The van der Waals surface area contributed by atoms with Crippen LogP contribution in [-0.2, 0) is 23.8 Å². The molecule has 10 heteroatoms. The number of nitrogens with zero attached hydrogens (tertiary/aromatic N) is 1. The molecule has 0 amide bonds. The maximum absolute atomic E-state index is 12.4. The molecule has 1 fully saturated rings. The van der Waals surface area contributed by atoms with Crippen LogP contribution in [0.4, 0.5) is 13.2 Å². The molecule has 2 unspecified atom stereocenters. The molecule has 0 N–H and O–H groups in total. The SMILES string of the molecule is COC(=O)C1=C(OS(=O)(=O)C(F)(F)F)CC2CCC1N2C. The quantitative estimate of drug-likeness (QED) is 0.439. The molecule has 0 saturated carbocycles. The van der Waals surface area contributed by atoms with Gasteiger partial charge in [0.1, 0.15) is 5.76 Å². The van der Waals surface area contributed by atoms with E-state index in [2.05, 4.69) is 8.92 Å². The zero-order chi connectivity index (χ0) is 16.0. The van der Waals surface area contributed by atoms with Crippen molar-refractivity contribution in [2.24, 2.45) is 0 Å². The Kier molecular flexibility index (Phi) is 3.96. The van der Waals surface area contributed by atoms with Crippen molar-refractivity contribution < 1.29 is 35.3 Å². The molecule has 2 rings (SSSR count). The largest absolute Gasteiger partial charge is 0.534 e. The summed E-state index contributed by atoms with van der Waals surface area (Å²) in [5.74, 6) is -1.34. The Morgan fingerprint density at radius 3 is 2.48 bits per heavy atom. The number of methoxy groups -OCH3 is 1. The highest BCUT2D eigenvalue weighted by molar-refractivity contribution is 7.87. The van der Waals surface area contributed by atoms with E-state index in [0.29, 0.717) is 12.8 Å². The average molecular weight is 329 g/mol. The van der Waals surface area contributed by atoms with Gasteiger partial charge < -0.3 is 8.92 Å². The van der Waals surface area contributed by atoms with Crippen LogP contribution in [0.3, 0.4) is 0 Å². The number of carbonyl (C=O) groups is 1. The summed E-state index contributed by atoms with van der Waals surface area (Å²) in [6, 6.07) is -0.642. The lowest BCUT2D eigenvalue weighted by Crippen LogP contribution is -2.42. The van der Waals surface area contributed by atoms with Crippen molar-refractivity contribution in [3.8, 4) is 0 Å². The van der Waals surface area contributed by atoms with Crippen LogP contribution in [0, 0.1) is 0 Å². The second-order valence-corrected chi connectivity index (χ2v) is 6.47. The summed E-state index contributed by atoms with van der Waals surface area (Å²) in [5, 5.41) is 0. The standard InChI is InChI=1S/C11H14F3NO5S/c1-15-6-3-4-7(15)9(10(16)19-2)8(5-6)20-21(17,18)11(12,13)14/h6-7H,3-5H2,1-2H3. The fourth-order valence-corrected chi connectivity index (χ4v) is 3.25. The number of likely N-dealkylation sites (N-methyl/N-ethyl adjacent to an activating group) is 1. The molecule has 120 valence electrons. The Morgan fingerprint density at radius 2 is 1.95 bits per heavy atom. The summed E-state index contributed by atoms with van der Waals surface area (Å²) in [6.07, 6.45) is 1.10. The van der Waals surface area contributed by atoms with Gasteiger partial charge in [-0.1, -0.05) is 0 Å². The summed E-state index contributed by atoms with van der Waals surface area (Å²) in [4.78, 5) is 13.6. The highest BCUT2D eigenvalue weighted by Gasteiger charge is 2.51. The summed E-state index contributed by atoms with van der Waals surface area (Å²) < 4.78 is 68.3. The van der Waals surface area contributed by atoms with E-state index in [1.165, 1.54) is 0 Å². The van der Waals surface area contributed by atoms with Crippen molar-refractivity contribution in [2.75, 3.05) is 14.2 Å². The Morgan fingerprint density at radius 1 is 1.33 bits per heavy atom. The van der Waals surface area contributed by atoms with E-state index in [-0.39, 0.29) is 18.0 Å². The van der Waals surface area contributed by atoms with E-state index in [9.17, 15) is 26.4 Å². The van der Waals surface area contributed by atoms with Gasteiger partial charge in [-0.15, -0.1) is 0 Å². The van der Waals surface area contributed by atoms with Gasteiger partial charge in [0.15, 0.2) is 0 Å². The first-order valence-electron chi connectivity index (χ1n) is 6.12. The predicted molar refractivity (Wildman–Crippen MR) is 64.3 cm³/mol. The summed E-state index contributed by atoms with van der Waals surface area (Å²) in [6.45, 7) is 0. The molecule has 1 saturated heterocycles. The Hall–Kier alpha value is -1.29. The number of halogens is 3. The molecular weight excluding hydrogens is 315 g/mol. The number of carbonyl (C=O) groups excluding carboxylic acids is 1. The fourth-order valence-electron chi connectivity index (χ4n) is 2.73. The van der Waals surface area contributed by atoms with Crippen LogP contribution in [-0.4, -0.2) is 51.0 Å². The molecule has 0 aromatic carbocycles. The van der Waals surface area contributed by atoms with Gasteiger partial charge in [0.05, 0.1) is 12.7 Å². The van der Waals surface area contributed by atoms with E-state index in [1.807, 2.05) is 4.90 Å². The number of esters is 1. The molecule has 0 aromatic rings. The number of hydrogen-bond acceptors (Lipinski definition) is 6. The third-order valence-electron chi connectivity index (χ3n) is 3.79. The van der Waals surface area contributed by atoms with Gasteiger partial charge >= 0.3 is 21.6 Å². The molecule has 2 aliphatic rings. The number of alkyl halides is 3. The first kappa shape index (κ1) is 16.1. The maximum atomic E-state index is 12.4. The van der Waals surface area contributed by atoms with Gasteiger partial charge in [0.25, 0.3) is 0 Å². The molecule has 2 bridgehead atoms. The minimum Gasteiger partial charge on any atom is -0.466 e. The van der Waals surface area contributed by atoms with Crippen LogP contribution in [0.5, 0.6) is 0 Å². The smallest absolute Gasteiger partial charge is 0.466 e. The predicted octanol–water partition coefficient (Wildman–Crippen LogP) is 1.15. The molecule has 21 heavy (non-hydrogen) atoms. The highest BCUT2D eigenvalue weighted by atomic mass is 32.2. The van der Waals surface area contributed by atoms with Gasteiger partial charge in [-0.3, -0.25) is 4.90 Å². The van der Waals surface area contributed by atoms with Crippen LogP contribution < -0.4 is 0 Å². The second kappa shape index (κ2) is 5.16. The third kappa shape index (κ3) is 2.73. The number of fused-ring (bicyclic) bond motifs is 2. The normalized spacial score (nSPS) is 26.9. The molecular formula is C11H14F3NO5S. The first-order valence-corrected chi connectivity index (χ1v) is 7.53. The van der Waals surface area contributed by atoms with Crippen LogP contribution in [0.2, 0.25) is 0 Å². The minimum atomic E-state index is -5.79. The molecule has 0 radical (unpaired) electrons. The van der Waals surface area contributed by atoms with Crippen LogP contribution in [0.25, 0.3) is 0 Å². The monoisotopic (exact) mass is 329 g/mol. The van der Waals surface area contributed by atoms with Crippen molar-refractivity contribution in [1.82, 2.24) is 4.90 Å². The number of hydrogen-bond donors (Lipinski definition) is 0. The van der Waals surface area contributed by atoms with E-state index in [1.54, 1.807) is 7.05 Å². The molecule has 0 aliphatic carbocycles. The van der Waals surface area contributed by atoms with Gasteiger partial charge in [-0.05, 0) is 19.9 Å². The Labute approximate surface area is 119 Å². The van der Waals surface area contributed by atoms with Crippen molar-refractivity contribution in [2.45, 2.75) is 36.9 Å². The van der Waals surface area contributed by atoms with E-state index in [0.717, 1.165) is 7.11 Å². The zero-order valence-corrected chi connectivity index (χ0v) is 12.1. The van der Waals surface area contributed by atoms with Gasteiger partial charge in [0.2, 0.25) is 0 Å². The van der Waals surface area contributed by atoms with Crippen molar-refractivity contribution in [3.63, 3.8) is 0 Å². The number of ether oxygens (including phenoxy) is 1. The molecule has 0 aromatic heterocycles. The zero-order valence-electron chi connectivity index (χ0n) is 11.3. The van der Waals surface area contributed by atoms with E-state index >= 15 is 0 Å². The summed E-state index contributed by atoms with van der Waals surface area (Å²) >= 11 is 0. The van der Waals surface area contributed by atoms with E-state index in [4.69, 9.17) is 0 Å². The minimum absolute atomic E-state index is 0.0766. The van der Waals surface area contributed by atoms with Gasteiger partial charge in [0, 0.05) is 18.5 Å². The lowest BCUT2D eigenvalue weighted by Gasteiger charge is -2.33. The van der Waals surface area contributed by atoms with Crippen LogP contribution >= 0.6 is 0 Å². The number of rotatable bonds is 3. The lowest BCUT2D eigenvalue weighted by atomic mass is 10.0. The van der Waals surface area contributed by atoms with Gasteiger partial charge in [-0.2, -0.15) is 21.6 Å². The maximum Gasteiger partial charge on any atom is 0.534 e. The molecule has 2 aliphatic heterocycles. The average Bonchev–Trinajstić information content (AvgIpc) is 2.60. The third-order valence-corrected chi connectivity index (χ3v) is 4.78. The topological polar surface area (TPSA) is 72.9 Å². The molecule has 6 nitrogen and oxygen atoms in total. The van der Waals surface area contributed by atoms with Crippen LogP contribution in [0.15, 0.2) is 11.3 Å². The molecule has 2 heterocycles. The Bertz CT molecular complexity index is 583. The van der Waals surface area contributed by atoms with E-state index < -0.39 is 33.4 Å². The fraction of sp³-hybridized carbons (Fsp3) is 0.727. The lowest BCUT2D eigenvalue weighted by molar-refractivity contribution is -0.137. The first-order chi connectivity index (χ1) is 9.58. The van der Waals surface area contributed by atoms with Gasteiger partial charge in [-0.25, -0.2) is 4.79 Å². The summed E-state index contributed by atoms with van der Waals surface area (Å²) in [5.41, 5.74) is -5.69. The summed E-state index contributed by atoms with van der Waals surface area (Å²) in [7, 11) is -2.99. The Balaban J connectivity index is 2.43. The second-order valence-electron chi connectivity index (χ2n) is 4.93. The van der Waals surface area contributed by atoms with Crippen LogP contribution in [0.1, 0.15) is 19.3 Å². The van der Waals surface area contributed by atoms with Crippen molar-refractivity contribution in [3.05, 3.63) is 11.3 Å². The molecule has 0 spiro atoms. The van der Waals surface area contributed by atoms with Crippen molar-refractivity contribution in [1.29, 1.82) is 0 Å².